The van der Waals surface area contributed by atoms with E-state index in [0.29, 0.717) is 64.5 Å². The molecule has 18 rings (SSSR count). The SMILES string of the molecule is Oc1ccc(C=Cc2c(CCc3ccc(C4CC5(CC6NC(C5)C(c5ccccc5)C=C6CNCCc5c[nH]c6c5CCC5COCCC5C6)C5CC6CCC7CCc8[nH]cnc8C8(C5N4)C4C(O)C=CC5CCCC54CCC768)cc3)c(O)c(O)c3c(O)cccc23)cc1O. The molecule has 13 nitrogen and oxygen atoms in total. The molecule has 17 unspecified atom stereocenters. The maximum atomic E-state index is 13.5. The second-order valence-electron chi connectivity index (χ2n) is 31.7. The zero-order valence-electron chi connectivity index (χ0n) is 54.7. The third-order valence-electron chi connectivity index (χ3n) is 28.0. The van der Waals surface area contributed by atoms with Crippen LogP contribution in [0.1, 0.15) is 163 Å². The van der Waals surface area contributed by atoms with Crippen molar-refractivity contribution in [1.29, 1.82) is 0 Å². The van der Waals surface area contributed by atoms with E-state index in [1.807, 2.05) is 18.5 Å². The van der Waals surface area contributed by atoms with Crippen molar-refractivity contribution >= 4 is 22.9 Å². The average Bonchev–Trinajstić information content (AvgIpc) is 1.57. The summed E-state index contributed by atoms with van der Waals surface area (Å²) in [5.41, 5.74) is 13.7. The largest absolute Gasteiger partial charge is 0.507 e. The summed E-state index contributed by atoms with van der Waals surface area (Å²) in [7, 11) is 0. The second kappa shape index (κ2) is 23.3. The number of nitrogens with zero attached hydrogens (tertiary/aromatic N) is 1. The molecule has 5 aromatic carbocycles. The van der Waals surface area contributed by atoms with Crippen LogP contribution in [0.25, 0.3) is 22.9 Å². The highest BCUT2D eigenvalue weighted by molar-refractivity contribution is 6.03. The number of aliphatic hydroxyl groups is 1. The molecule has 3 spiro atoms. The minimum Gasteiger partial charge on any atom is -0.507 e. The van der Waals surface area contributed by atoms with Gasteiger partial charge in [0.2, 0.25) is 0 Å². The number of ether oxygens (including phenoxy) is 1. The first kappa shape index (κ1) is 60.3. The third-order valence-corrected chi connectivity index (χ3v) is 28.0. The Morgan fingerprint density at radius 3 is 2.46 bits per heavy atom. The number of benzene rings is 5. The van der Waals surface area contributed by atoms with Crippen LogP contribution in [0.3, 0.4) is 0 Å². The summed E-state index contributed by atoms with van der Waals surface area (Å²) in [5.74, 6) is 2.32. The summed E-state index contributed by atoms with van der Waals surface area (Å²) in [6.07, 6.45) is 36.5. The van der Waals surface area contributed by atoms with Crippen molar-refractivity contribution in [3.8, 4) is 28.7 Å². The average molecular weight is 1280 g/mol. The fourth-order valence-electron chi connectivity index (χ4n) is 24.2. The first-order valence-electron chi connectivity index (χ1n) is 36.5. The lowest BCUT2D eigenvalue weighted by Gasteiger charge is -2.75. The number of H-pyrrole nitrogens is 2. The first-order valence-corrected chi connectivity index (χ1v) is 36.5. The van der Waals surface area contributed by atoms with Gasteiger partial charge in [0.1, 0.15) is 5.75 Å². The van der Waals surface area contributed by atoms with Gasteiger partial charge in [-0.05, 0) is 248 Å². The highest BCUT2D eigenvalue weighted by atomic mass is 16.5. The van der Waals surface area contributed by atoms with Crippen LogP contribution >= 0.6 is 0 Å². The number of nitrogens with one attached hydrogen (secondary N) is 5. The van der Waals surface area contributed by atoms with Gasteiger partial charge in [-0.25, -0.2) is 4.98 Å². The molecule has 0 amide bonds. The Morgan fingerprint density at radius 2 is 1.58 bits per heavy atom. The highest BCUT2D eigenvalue weighted by Gasteiger charge is 2.81. The Kier molecular flexibility index (Phi) is 14.8. The van der Waals surface area contributed by atoms with E-state index in [4.69, 9.17) is 15.0 Å². The Hall–Kier alpha value is -7.13. The minimum absolute atomic E-state index is 0.0000479. The van der Waals surface area contributed by atoms with Gasteiger partial charge in [-0.1, -0.05) is 110 Å². The third kappa shape index (κ3) is 9.34. The van der Waals surface area contributed by atoms with E-state index in [-0.39, 0.29) is 86.4 Å². The fourth-order valence-corrected chi connectivity index (χ4v) is 24.2. The second-order valence-corrected chi connectivity index (χ2v) is 31.7. The number of phenols is 5. The molecule has 4 saturated carbocycles. The number of aromatic hydroxyl groups is 5. The van der Waals surface area contributed by atoms with Crippen LogP contribution in [0.5, 0.6) is 28.7 Å². The lowest BCUT2D eigenvalue weighted by molar-refractivity contribution is -0.229. The zero-order valence-corrected chi connectivity index (χ0v) is 54.7. The summed E-state index contributed by atoms with van der Waals surface area (Å²) in [4.78, 5) is 13.4. The lowest BCUT2D eigenvalue weighted by Crippen LogP contribution is -2.79. The Labute approximate surface area is 558 Å². The van der Waals surface area contributed by atoms with Gasteiger partial charge in [0.05, 0.1) is 23.5 Å². The molecular weight excluding hydrogens is 1180 g/mol. The number of hydrogen-bond donors (Lipinski definition) is 11. The van der Waals surface area contributed by atoms with E-state index in [1.165, 1.54) is 128 Å². The minimum atomic E-state index is -0.565. The van der Waals surface area contributed by atoms with Gasteiger partial charge in [0.25, 0.3) is 0 Å². The molecule has 13 heteroatoms. The molecule has 95 heavy (non-hydrogen) atoms. The molecule has 11 N–H and O–H groups in total. The van der Waals surface area contributed by atoms with E-state index >= 15 is 0 Å². The number of aromatic nitrogens is 3. The summed E-state index contributed by atoms with van der Waals surface area (Å²) in [6, 6.07) is 30.9. The Morgan fingerprint density at radius 1 is 0.705 bits per heavy atom. The fraction of sp³-hybridized carbons (Fsp3) is 0.500. The molecule has 11 aliphatic rings. The number of aliphatic hydroxyl groups excluding tert-OH is 1. The lowest BCUT2D eigenvalue weighted by atomic mass is 9.30. The van der Waals surface area contributed by atoms with Crippen LogP contribution in [0, 0.1) is 57.7 Å². The van der Waals surface area contributed by atoms with Crippen molar-refractivity contribution in [2.45, 2.75) is 170 Å². The molecule has 17 atom stereocenters. The maximum Gasteiger partial charge on any atom is 0.169 e. The Bertz CT molecular complexity index is 4190. The number of aromatic amines is 2. The Balaban J connectivity index is 0.723. The zero-order chi connectivity index (χ0) is 64.0. The van der Waals surface area contributed by atoms with E-state index in [9.17, 15) is 30.6 Å². The molecule has 7 aliphatic carbocycles. The van der Waals surface area contributed by atoms with E-state index in [0.717, 1.165) is 82.7 Å². The van der Waals surface area contributed by atoms with Crippen molar-refractivity contribution in [3.63, 3.8) is 0 Å². The molecular formula is C82H94N6O7. The van der Waals surface area contributed by atoms with Gasteiger partial charge in [-0.15, -0.1) is 0 Å². The van der Waals surface area contributed by atoms with Gasteiger partial charge >= 0.3 is 0 Å². The van der Waals surface area contributed by atoms with Crippen molar-refractivity contribution in [3.05, 3.63) is 189 Å². The quantitative estimate of drug-likeness (QED) is 0.0240. The van der Waals surface area contributed by atoms with Crippen LogP contribution in [0.2, 0.25) is 0 Å². The van der Waals surface area contributed by atoms with Crippen molar-refractivity contribution in [2.24, 2.45) is 57.7 Å². The number of allylic oxidation sites excluding steroid dienone is 1. The number of aryl methyl sites for hydroxylation is 2. The van der Waals surface area contributed by atoms with E-state index < -0.39 is 11.5 Å². The molecule has 2 aromatic heterocycles. The standard InChI is InChI=1S/C82H94N6O7/c89-69-27-15-48(36-72(69)92)14-23-59-60-9-4-10-70(90)73(60)75(94)74(93)61(59)24-13-47-11-16-50(17-12-47)66-40-79(63-39-57-20-19-56-21-26-64-78(86-46-85-64)82(77(63)88-66)76-71(91)28-22-55-8-5-31-80(55,76)32-33-81(56,57)82)41-67-54(37-62(68(42-79)87-67)49-6-2-1-3-7-49)43-83-34-29-52-44-84-65-38-51-30-35-95-45-53(51)18-25-58(52)65/h1-4,6-7,9-12,14-17,22-23,27-28,36-37,44,46,51,53,55-57,62-63,66-68,71,76-77,83-84,87-94H,5,8,13,18-21,24-26,29-35,38-43,45H2,(H,85,86). The van der Waals surface area contributed by atoms with Gasteiger partial charge in [0, 0.05) is 84.3 Å². The molecule has 2 bridgehead atoms. The molecule has 7 fully saturated rings. The van der Waals surface area contributed by atoms with Crippen LogP contribution < -0.4 is 16.0 Å². The predicted molar refractivity (Wildman–Crippen MR) is 370 cm³/mol. The highest BCUT2D eigenvalue weighted by Crippen LogP contribution is 2.81. The molecule has 3 saturated heterocycles. The first-order chi connectivity index (χ1) is 46.4. The van der Waals surface area contributed by atoms with Gasteiger partial charge in [0.15, 0.2) is 23.0 Å². The molecule has 0 radical (unpaired) electrons. The number of phenolic OH excluding ortho intramolecular Hbond substituents is 5. The van der Waals surface area contributed by atoms with Crippen LogP contribution in [0.15, 0.2) is 127 Å². The van der Waals surface area contributed by atoms with E-state index in [1.54, 1.807) is 23.8 Å². The number of hydrogen-bond acceptors (Lipinski definition) is 11. The monoisotopic (exact) mass is 1270 g/mol. The van der Waals surface area contributed by atoms with Crippen LogP contribution in [0.4, 0.5) is 0 Å². The van der Waals surface area contributed by atoms with Crippen LogP contribution in [-0.4, -0.2) is 96.1 Å². The summed E-state index contributed by atoms with van der Waals surface area (Å²) in [5, 5.41) is 82.6. The molecule has 494 valence electrons. The van der Waals surface area contributed by atoms with Crippen LogP contribution in [-0.2, 0) is 48.7 Å². The summed E-state index contributed by atoms with van der Waals surface area (Å²) < 4.78 is 5.98. The topological polar surface area (TPSA) is 211 Å². The van der Waals surface area contributed by atoms with E-state index in [2.05, 4.69) is 99.6 Å². The van der Waals surface area contributed by atoms with Crippen molar-refractivity contribution in [1.82, 2.24) is 30.9 Å². The van der Waals surface area contributed by atoms with Crippen molar-refractivity contribution < 1.29 is 35.4 Å². The molecule has 6 heterocycles. The number of piperidine rings is 2. The summed E-state index contributed by atoms with van der Waals surface area (Å²) >= 11 is 0. The number of rotatable bonds is 12. The number of fused-ring (bicyclic) bond motifs is 8. The predicted octanol–water partition coefficient (Wildman–Crippen LogP) is 13.6. The maximum absolute atomic E-state index is 13.5. The van der Waals surface area contributed by atoms with Gasteiger partial charge in [-0.2, -0.15) is 0 Å². The van der Waals surface area contributed by atoms with Gasteiger partial charge in [-0.3, -0.25) is 0 Å². The summed E-state index contributed by atoms with van der Waals surface area (Å²) in [6.45, 7) is 3.57. The molecule has 4 aliphatic heterocycles. The smallest absolute Gasteiger partial charge is 0.169 e. The normalized spacial score (nSPS) is 35.6. The van der Waals surface area contributed by atoms with Gasteiger partial charge < -0.3 is 61.3 Å². The van der Waals surface area contributed by atoms with Crippen molar-refractivity contribution in [2.75, 3.05) is 26.3 Å². The number of imidazole rings is 1. The molecule has 7 aromatic rings.